The van der Waals surface area contributed by atoms with Gasteiger partial charge in [0.25, 0.3) is 0 Å². The van der Waals surface area contributed by atoms with Gasteiger partial charge in [0, 0.05) is 18.2 Å². The fourth-order valence-electron chi connectivity index (χ4n) is 2.68. The molecular weight excluding hydrogens is 277 g/mol. The second kappa shape index (κ2) is 7.39. The molecule has 1 saturated carbocycles. The maximum absolute atomic E-state index is 13.9. The summed E-state index contributed by atoms with van der Waals surface area (Å²) in [6.45, 7) is 3.04. The molecule has 1 aromatic carbocycles. The first kappa shape index (κ1) is 15.7. The lowest BCUT2D eigenvalue weighted by atomic mass is 9.97. The normalized spacial score (nSPS) is 18.0. The summed E-state index contributed by atoms with van der Waals surface area (Å²) in [7, 11) is 1.75. The maximum atomic E-state index is 13.9. The standard InChI is InChI=1S/C16H23ClFNO/c1-3-8-19-15(16(20-2)11-4-5-11)10-12-9-13(17)6-7-14(12)18/h6-7,9,11,15-16,19H,3-5,8,10H2,1-2H3. The van der Waals surface area contributed by atoms with E-state index in [1.807, 2.05) is 0 Å². The smallest absolute Gasteiger partial charge is 0.126 e. The minimum atomic E-state index is -0.191. The Morgan fingerprint density at radius 2 is 2.20 bits per heavy atom. The van der Waals surface area contributed by atoms with E-state index in [0.29, 0.717) is 22.9 Å². The Bertz CT molecular complexity index is 436. The van der Waals surface area contributed by atoms with Crippen LogP contribution in [-0.4, -0.2) is 25.8 Å². The van der Waals surface area contributed by atoms with Crippen LogP contribution in [0.4, 0.5) is 4.39 Å². The Labute approximate surface area is 125 Å². The zero-order valence-corrected chi connectivity index (χ0v) is 12.9. The van der Waals surface area contributed by atoms with Gasteiger partial charge in [0.05, 0.1) is 6.10 Å². The molecule has 1 aromatic rings. The predicted molar refractivity (Wildman–Crippen MR) is 80.7 cm³/mol. The van der Waals surface area contributed by atoms with Gasteiger partial charge in [-0.05, 0) is 61.9 Å². The monoisotopic (exact) mass is 299 g/mol. The minimum Gasteiger partial charge on any atom is -0.380 e. The first-order chi connectivity index (χ1) is 9.65. The Balaban J connectivity index is 2.11. The number of benzene rings is 1. The van der Waals surface area contributed by atoms with Crippen molar-refractivity contribution in [3.8, 4) is 0 Å². The molecule has 1 N–H and O–H groups in total. The molecule has 1 aliphatic carbocycles. The summed E-state index contributed by atoms with van der Waals surface area (Å²) < 4.78 is 19.6. The zero-order chi connectivity index (χ0) is 14.5. The summed E-state index contributed by atoms with van der Waals surface area (Å²) in [5, 5.41) is 4.08. The van der Waals surface area contributed by atoms with Gasteiger partial charge in [-0.15, -0.1) is 0 Å². The molecule has 1 fully saturated rings. The molecule has 0 spiro atoms. The number of methoxy groups -OCH3 is 1. The molecule has 0 heterocycles. The van der Waals surface area contributed by atoms with E-state index in [2.05, 4.69) is 12.2 Å². The molecule has 0 aliphatic heterocycles. The summed E-state index contributed by atoms with van der Waals surface area (Å²) in [4.78, 5) is 0. The van der Waals surface area contributed by atoms with Crippen molar-refractivity contribution in [2.24, 2.45) is 5.92 Å². The van der Waals surface area contributed by atoms with Crippen molar-refractivity contribution < 1.29 is 9.13 Å². The van der Waals surface area contributed by atoms with Crippen molar-refractivity contribution >= 4 is 11.6 Å². The molecule has 2 nitrogen and oxygen atoms in total. The van der Waals surface area contributed by atoms with Crippen LogP contribution in [0.15, 0.2) is 18.2 Å². The molecule has 2 rings (SSSR count). The summed E-state index contributed by atoms with van der Waals surface area (Å²) in [5.41, 5.74) is 0.661. The van der Waals surface area contributed by atoms with Crippen LogP contribution in [0.5, 0.6) is 0 Å². The Morgan fingerprint density at radius 1 is 1.45 bits per heavy atom. The Kier molecular flexibility index (Phi) is 5.82. The van der Waals surface area contributed by atoms with Crippen molar-refractivity contribution in [3.05, 3.63) is 34.6 Å². The summed E-state index contributed by atoms with van der Waals surface area (Å²) in [6, 6.07) is 4.88. The lowest BCUT2D eigenvalue weighted by molar-refractivity contribution is 0.0509. The van der Waals surface area contributed by atoms with Crippen LogP contribution < -0.4 is 5.32 Å². The minimum absolute atomic E-state index is 0.139. The average Bonchev–Trinajstić information content (AvgIpc) is 3.25. The third kappa shape index (κ3) is 4.18. The van der Waals surface area contributed by atoms with Crippen LogP contribution >= 0.6 is 11.6 Å². The number of nitrogens with one attached hydrogen (secondary N) is 1. The molecule has 4 heteroatoms. The lowest BCUT2D eigenvalue weighted by Crippen LogP contribution is -2.44. The molecule has 0 aromatic heterocycles. The first-order valence-electron chi connectivity index (χ1n) is 7.35. The van der Waals surface area contributed by atoms with Crippen LogP contribution in [0.25, 0.3) is 0 Å². The molecule has 0 radical (unpaired) electrons. The van der Waals surface area contributed by atoms with Gasteiger partial charge in [-0.3, -0.25) is 0 Å². The van der Waals surface area contributed by atoms with Crippen LogP contribution in [0.3, 0.4) is 0 Å². The van der Waals surface area contributed by atoms with Crippen LogP contribution in [-0.2, 0) is 11.2 Å². The van der Waals surface area contributed by atoms with Crippen LogP contribution in [0.1, 0.15) is 31.7 Å². The van der Waals surface area contributed by atoms with Crippen LogP contribution in [0, 0.1) is 11.7 Å². The molecule has 20 heavy (non-hydrogen) atoms. The van der Waals surface area contributed by atoms with Crippen LogP contribution in [0.2, 0.25) is 5.02 Å². The number of ether oxygens (including phenoxy) is 1. The third-order valence-electron chi connectivity index (χ3n) is 3.86. The molecule has 2 atom stereocenters. The fourth-order valence-corrected chi connectivity index (χ4v) is 2.88. The van der Waals surface area contributed by atoms with Crippen molar-refractivity contribution in [1.82, 2.24) is 5.32 Å². The molecule has 1 aliphatic rings. The predicted octanol–water partition coefficient (Wildman–Crippen LogP) is 3.81. The molecule has 0 saturated heterocycles. The van der Waals surface area contributed by atoms with E-state index in [1.54, 1.807) is 19.2 Å². The number of hydrogen-bond acceptors (Lipinski definition) is 2. The van der Waals surface area contributed by atoms with E-state index in [9.17, 15) is 4.39 Å². The molecule has 112 valence electrons. The van der Waals surface area contributed by atoms with Gasteiger partial charge in [0.15, 0.2) is 0 Å². The largest absolute Gasteiger partial charge is 0.380 e. The maximum Gasteiger partial charge on any atom is 0.126 e. The second-order valence-corrected chi connectivity index (χ2v) is 5.97. The summed E-state index contributed by atoms with van der Waals surface area (Å²) in [6.07, 6.45) is 4.23. The van der Waals surface area contributed by atoms with E-state index in [1.165, 1.54) is 18.9 Å². The van der Waals surface area contributed by atoms with Gasteiger partial charge >= 0.3 is 0 Å². The van der Waals surface area contributed by atoms with E-state index in [4.69, 9.17) is 16.3 Å². The Hall–Kier alpha value is -0.640. The highest BCUT2D eigenvalue weighted by Gasteiger charge is 2.36. The number of halogens is 2. The van der Waals surface area contributed by atoms with Crippen molar-refractivity contribution in [3.63, 3.8) is 0 Å². The van der Waals surface area contributed by atoms with E-state index in [-0.39, 0.29) is 18.0 Å². The van der Waals surface area contributed by atoms with Crippen molar-refractivity contribution in [2.45, 2.75) is 44.8 Å². The summed E-state index contributed by atoms with van der Waals surface area (Å²) in [5.74, 6) is 0.417. The Morgan fingerprint density at radius 3 is 2.80 bits per heavy atom. The van der Waals surface area contributed by atoms with Gasteiger partial charge < -0.3 is 10.1 Å². The highest BCUT2D eigenvalue weighted by molar-refractivity contribution is 6.30. The highest BCUT2D eigenvalue weighted by atomic mass is 35.5. The SMILES string of the molecule is CCCNC(Cc1cc(Cl)ccc1F)C(OC)C1CC1. The first-order valence-corrected chi connectivity index (χ1v) is 7.73. The van der Waals surface area contributed by atoms with Gasteiger partial charge in [-0.1, -0.05) is 18.5 Å². The van der Waals surface area contributed by atoms with E-state index >= 15 is 0 Å². The van der Waals surface area contributed by atoms with Gasteiger partial charge in [-0.2, -0.15) is 0 Å². The van der Waals surface area contributed by atoms with E-state index < -0.39 is 0 Å². The van der Waals surface area contributed by atoms with Crippen molar-refractivity contribution in [1.29, 1.82) is 0 Å². The van der Waals surface area contributed by atoms with Gasteiger partial charge in [0.2, 0.25) is 0 Å². The lowest BCUT2D eigenvalue weighted by Gasteiger charge is -2.27. The zero-order valence-electron chi connectivity index (χ0n) is 12.2. The van der Waals surface area contributed by atoms with E-state index in [0.717, 1.165) is 13.0 Å². The summed E-state index contributed by atoms with van der Waals surface area (Å²) >= 11 is 5.97. The van der Waals surface area contributed by atoms with Gasteiger partial charge in [-0.25, -0.2) is 4.39 Å². The average molecular weight is 300 g/mol. The topological polar surface area (TPSA) is 21.3 Å². The second-order valence-electron chi connectivity index (χ2n) is 5.54. The fraction of sp³-hybridized carbons (Fsp3) is 0.625. The van der Waals surface area contributed by atoms with Crippen molar-refractivity contribution in [2.75, 3.05) is 13.7 Å². The third-order valence-corrected chi connectivity index (χ3v) is 4.09. The molecule has 0 amide bonds. The molecular formula is C16H23ClFNO. The number of hydrogen-bond donors (Lipinski definition) is 1. The number of rotatable bonds is 8. The quantitative estimate of drug-likeness (QED) is 0.788. The highest BCUT2D eigenvalue weighted by Crippen LogP contribution is 2.36. The molecule has 2 unspecified atom stereocenters. The molecule has 0 bridgehead atoms. The van der Waals surface area contributed by atoms with Gasteiger partial charge in [0.1, 0.15) is 5.82 Å².